The lowest BCUT2D eigenvalue weighted by Crippen LogP contribution is -2.52. The number of methoxy groups -OCH3 is 1. The first-order valence-electron chi connectivity index (χ1n) is 9.02. The zero-order valence-electron chi connectivity index (χ0n) is 15.3. The molecule has 4 rings (SSSR count). The number of amides is 1. The summed E-state index contributed by atoms with van der Waals surface area (Å²) < 4.78 is 10.9. The molecule has 0 unspecified atom stereocenters. The van der Waals surface area contributed by atoms with Gasteiger partial charge in [-0.1, -0.05) is 47.6 Å². The zero-order valence-corrected chi connectivity index (χ0v) is 15.3. The quantitative estimate of drug-likeness (QED) is 0.469. The molecule has 2 aliphatic rings. The van der Waals surface area contributed by atoms with Crippen LogP contribution in [0, 0.1) is 5.92 Å². The van der Waals surface area contributed by atoms with Gasteiger partial charge in [-0.2, -0.15) is 0 Å². The van der Waals surface area contributed by atoms with Crippen LogP contribution in [-0.2, 0) is 20.7 Å². The van der Waals surface area contributed by atoms with Crippen LogP contribution in [0.3, 0.4) is 0 Å². The highest BCUT2D eigenvalue weighted by Gasteiger charge is 2.68. The number of rotatable bonds is 5. The fraction of sp³-hybridized carbons (Fsp3) is 0.286. The first kappa shape index (κ1) is 18.0. The van der Waals surface area contributed by atoms with E-state index in [1.165, 1.54) is 7.11 Å². The molecule has 2 N–H and O–H groups in total. The summed E-state index contributed by atoms with van der Waals surface area (Å²) >= 11 is 0. The number of benzene rings is 2. The Kier molecular flexibility index (Phi) is 4.50. The molecule has 1 aliphatic heterocycles. The molecule has 7 nitrogen and oxygen atoms in total. The van der Waals surface area contributed by atoms with Crippen molar-refractivity contribution in [2.75, 3.05) is 7.11 Å². The molecule has 3 atom stereocenters. The molecule has 2 aromatic rings. The van der Waals surface area contributed by atoms with Crippen LogP contribution in [0.2, 0.25) is 0 Å². The molecule has 0 radical (unpaired) electrons. The van der Waals surface area contributed by atoms with E-state index in [1.54, 1.807) is 18.2 Å². The minimum Gasteiger partial charge on any atom is -0.476 e. The van der Waals surface area contributed by atoms with E-state index in [9.17, 15) is 14.8 Å². The molecule has 7 heteroatoms. The van der Waals surface area contributed by atoms with Crippen molar-refractivity contribution in [2.24, 2.45) is 11.1 Å². The molecule has 144 valence electrons. The topological polar surface area (TPSA) is 97.2 Å². The number of nitrogens with one attached hydrogen (secondary N) is 1. The zero-order chi connectivity index (χ0) is 19.7. The van der Waals surface area contributed by atoms with Crippen molar-refractivity contribution < 1.29 is 24.3 Å². The largest absolute Gasteiger partial charge is 0.476 e. The maximum absolute atomic E-state index is 13.1. The van der Waals surface area contributed by atoms with Crippen LogP contribution in [0.4, 0.5) is 0 Å². The maximum Gasteiger partial charge on any atom is 0.328 e. The summed E-state index contributed by atoms with van der Waals surface area (Å²) in [6, 6.07) is 15.7. The summed E-state index contributed by atoms with van der Waals surface area (Å²) in [6.07, 6.45) is 0.684. The number of fused-ring (bicyclic) bond motifs is 2. The van der Waals surface area contributed by atoms with Crippen LogP contribution >= 0.6 is 0 Å². The predicted molar refractivity (Wildman–Crippen MR) is 100 cm³/mol. The molecule has 2 aromatic carbocycles. The fourth-order valence-electron chi connectivity index (χ4n) is 3.71. The van der Waals surface area contributed by atoms with E-state index in [-0.39, 0.29) is 5.92 Å². The van der Waals surface area contributed by atoms with E-state index in [2.05, 4.69) is 10.5 Å². The fourth-order valence-corrected chi connectivity index (χ4v) is 3.71. The van der Waals surface area contributed by atoms with Crippen LogP contribution in [0.15, 0.2) is 59.8 Å². The van der Waals surface area contributed by atoms with Gasteiger partial charge in [0.1, 0.15) is 11.8 Å². The molecule has 1 amide bonds. The summed E-state index contributed by atoms with van der Waals surface area (Å²) in [6.45, 7) is 0. The summed E-state index contributed by atoms with van der Waals surface area (Å²) in [4.78, 5) is 25.3. The highest BCUT2D eigenvalue weighted by atomic mass is 16.5. The number of oxime groups is 1. The Labute approximate surface area is 162 Å². The van der Waals surface area contributed by atoms with Gasteiger partial charge in [0.2, 0.25) is 0 Å². The Morgan fingerprint density at radius 3 is 2.68 bits per heavy atom. The number of ether oxygens (including phenoxy) is 2. The lowest BCUT2D eigenvalue weighted by Gasteiger charge is -2.27. The highest BCUT2D eigenvalue weighted by molar-refractivity contribution is 6.13. The van der Waals surface area contributed by atoms with Crippen LogP contribution in [-0.4, -0.2) is 41.5 Å². The summed E-state index contributed by atoms with van der Waals surface area (Å²) in [5.74, 6) is -0.822. The lowest BCUT2D eigenvalue weighted by atomic mass is 9.99. The molecule has 1 aliphatic carbocycles. The second-order valence-electron chi connectivity index (χ2n) is 6.97. The van der Waals surface area contributed by atoms with Gasteiger partial charge in [0.15, 0.2) is 5.60 Å². The van der Waals surface area contributed by atoms with E-state index in [0.29, 0.717) is 29.9 Å². The normalized spacial score (nSPS) is 24.3. The van der Waals surface area contributed by atoms with Gasteiger partial charge in [-0.05, 0) is 17.7 Å². The van der Waals surface area contributed by atoms with Crippen LogP contribution < -0.4 is 10.1 Å². The molecule has 0 spiro atoms. The Morgan fingerprint density at radius 1 is 1.25 bits per heavy atom. The number of carbonyl (C=O) groups is 2. The third-order valence-electron chi connectivity index (χ3n) is 5.26. The molecule has 0 saturated heterocycles. The molecule has 1 fully saturated rings. The van der Waals surface area contributed by atoms with Crippen molar-refractivity contribution in [3.8, 4) is 5.75 Å². The number of esters is 1. The van der Waals surface area contributed by atoms with Crippen molar-refractivity contribution in [1.82, 2.24) is 5.32 Å². The van der Waals surface area contributed by atoms with E-state index < -0.39 is 23.5 Å². The molecular weight excluding hydrogens is 360 g/mol. The van der Waals surface area contributed by atoms with Crippen molar-refractivity contribution in [1.29, 1.82) is 0 Å². The second kappa shape index (κ2) is 6.99. The van der Waals surface area contributed by atoms with E-state index in [1.807, 2.05) is 36.4 Å². The van der Waals surface area contributed by atoms with Crippen LogP contribution in [0.1, 0.15) is 17.5 Å². The number of para-hydroxylation sites is 1. The van der Waals surface area contributed by atoms with Crippen molar-refractivity contribution in [3.63, 3.8) is 0 Å². The van der Waals surface area contributed by atoms with E-state index in [4.69, 9.17) is 9.47 Å². The SMILES string of the molecule is COC(=O)[C@H](Cc1ccccc1)NC(=O)[C@]12C[C@H]1/C(=N/O)c1ccccc1O2. The molecular formula is C21H20N2O5. The minimum absolute atomic E-state index is 0.303. The first-order valence-corrected chi connectivity index (χ1v) is 9.02. The van der Waals surface area contributed by atoms with E-state index >= 15 is 0 Å². The van der Waals surface area contributed by atoms with Gasteiger partial charge in [0.05, 0.1) is 18.7 Å². The maximum atomic E-state index is 13.1. The molecule has 0 aromatic heterocycles. The monoisotopic (exact) mass is 380 g/mol. The number of hydrogen-bond acceptors (Lipinski definition) is 6. The molecule has 0 bridgehead atoms. The third kappa shape index (κ3) is 2.98. The second-order valence-corrected chi connectivity index (χ2v) is 6.97. The number of hydrogen-bond donors (Lipinski definition) is 2. The van der Waals surface area contributed by atoms with Gasteiger partial charge >= 0.3 is 5.97 Å². The first-order chi connectivity index (χ1) is 13.6. The van der Waals surface area contributed by atoms with Crippen molar-refractivity contribution in [3.05, 3.63) is 65.7 Å². The van der Waals surface area contributed by atoms with Crippen molar-refractivity contribution >= 4 is 17.6 Å². The molecule has 1 heterocycles. The minimum atomic E-state index is -1.17. The van der Waals surface area contributed by atoms with Gasteiger partial charge in [-0.3, -0.25) is 4.79 Å². The Hall–Kier alpha value is -3.35. The standard InChI is InChI=1S/C21H20N2O5/c1-27-19(24)16(11-13-7-3-2-4-8-13)22-20(25)21-12-15(21)18(23-26)14-9-5-6-10-17(14)28-21/h2-10,15-16,26H,11-12H2,1H3,(H,22,25)/b23-18+/t15-,16-,21-/m0/s1. The molecule has 1 saturated carbocycles. The summed E-state index contributed by atoms with van der Waals surface area (Å²) in [5, 5.41) is 15.6. The van der Waals surface area contributed by atoms with Gasteiger partial charge in [-0.25, -0.2) is 4.79 Å². The van der Waals surface area contributed by atoms with Gasteiger partial charge in [0.25, 0.3) is 5.91 Å². The van der Waals surface area contributed by atoms with Gasteiger partial charge in [0, 0.05) is 18.4 Å². The van der Waals surface area contributed by atoms with Crippen LogP contribution in [0.25, 0.3) is 0 Å². The summed E-state index contributed by atoms with van der Waals surface area (Å²) in [7, 11) is 1.29. The van der Waals surface area contributed by atoms with Gasteiger partial charge < -0.3 is 20.0 Å². The van der Waals surface area contributed by atoms with E-state index in [0.717, 1.165) is 5.56 Å². The average Bonchev–Trinajstić information content (AvgIpc) is 3.47. The number of nitrogens with zero attached hydrogens (tertiary/aromatic N) is 1. The average molecular weight is 380 g/mol. The molecule has 28 heavy (non-hydrogen) atoms. The lowest BCUT2D eigenvalue weighted by molar-refractivity contribution is -0.146. The smallest absolute Gasteiger partial charge is 0.328 e. The third-order valence-corrected chi connectivity index (χ3v) is 5.26. The Morgan fingerprint density at radius 2 is 1.96 bits per heavy atom. The summed E-state index contributed by atoms with van der Waals surface area (Å²) in [5.41, 5.74) is 0.828. The Balaban J connectivity index is 1.56. The van der Waals surface area contributed by atoms with Crippen LogP contribution in [0.5, 0.6) is 5.75 Å². The van der Waals surface area contributed by atoms with Crippen molar-refractivity contribution in [2.45, 2.75) is 24.5 Å². The van der Waals surface area contributed by atoms with Gasteiger partial charge in [-0.15, -0.1) is 0 Å². The Bertz CT molecular complexity index is 943. The number of carbonyl (C=O) groups excluding carboxylic acids is 2. The predicted octanol–water partition coefficient (Wildman–Crippen LogP) is 1.92. The highest BCUT2D eigenvalue weighted by Crippen LogP contribution is 2.54.